The molecule has 0 heterocycles. The third kappa shape index (κ3) is 10.7. The van der Waals surface area contributed by atoms with Crippen LogP contribution in [0.4, 0.5) is 4.39 Å². The third-order valence-electron chi connectivity index (χ3n) is 4.25. The van der Waals surface area contributed by atoms with Gasteiger partial charge in [0.1, 0.15) is 23.4 Å². The zero-order valence-electron chi connectivity index (χ0n) is 18.7. The number of aliphatic imine (C=N–C) groups is 1. The third-order valence-corrected chi connectivity index (χ3v) is 4.25. The van der Waals surface area contributed by atoms with E-state index in [2.05, 4.69) is 20.9 Å². The highest BCUT2D eigenvalue weighted by Gasteiger charge is 2.06. The first-order valence-electron chi connectivity index (χ1n) is 10.3. The minimum Gasteiger partial charge on any atom is -0.497 e. The largest absolute Gasteiger partial charge is 0.497 e. The number of benzene rings is 2. The molecule has 0 saturated carbocycles. The van der Waals surface area contributed by atoms with Crippen LogP contribution in [0.1, 0.15) is 19.4 Å². The Morgan fingerprint density at radius 2 is 1.75 bits per heavy atom. The highest BCUT2D eigenvalue weighted by molar-refractivity contribution is 14.0. The molecule has 0 bridgehead atoms. The Kier molecular flexibility index (Phi) is 13.1. The van der Waals surface area contributed by atoms with Gasteiger partial charge in [0, 0.05) is 25.7 Å². The molecule has 1 amide bonds. The number of nitrogens with one attached hydrogen (secondary N) is 3. The van der Waals surface area contributed by atoms with Gasteiger partial charge in [-0.25, -0.2) is 9.38 Å². The number of ether oxygens (including phenoxy) is 2. The van der Waals surface area contributed by atoms with Gasteiger partial charge in [0.25, 0.3) is 0 Å². The number of methoxy groups -OCH3 is 1. The molecular weight excluding hydrogens is 526 g/mol. The molecule has 0 aromatic heterocycles. The Balaban J connectivity index is 0.00000512. The zero-order valence-corrected chi connectivity index (χ0v) is 21.0. The predicted octanol–water partition coefficient (Wildman–Crippen LogP) is 3.13. The van der Waals surface area contributed by atoms with Crippen LogP contribution < -0.4 is 25.4 Å². The topological polar surface area (TPSA) is 84.0 Å². The van der Waals surface area contributed by atoms with Crippen molar-refractivity contribution in [3.8, 4) is 11.5 Å². The lowest BCUT2D eigenvalue weighted by Gasteiger charge is -2.16. The SMILES string of the molecule is CCNC(=NCC(C)Oc1cccc(OC)c1)NCCNC(=O)Cc1ccc(F)cc1.I. The second-order valence-electron chi connectivity index (χ2n) is 6.91. The highest BCUT2D eigenvalue weighted by Crippen LogP contribution is 2.19. The number of rotatable bonds is 11. The van der Waals surface area contributed by atoms with Crippen molar-refractivity contribution in [2.75, 3.05) is 33.3 Å². The summed E-state index contributed by atoms with van der Waals surface area (Å²) in [4.78, 5) is 16.5. The van der Waals surface area contributed by atoms with Gasteiger partial charge in [-0.2, -0.15) is 0 Å². The van der Waals surface area contributed by atoms with Gasteiger partial charge in [-0.05, 0) is 43.7 Å². The molecule has 0 radical (unpaired) electrons. The molecule has 2 aromatic carbocycles. The molecule has 0 aliphatic rings. The molecule has 0 spiro atoms. The van der Waals surface area contributed by atoms with Crippen LogP contribution in [0.2, 0.25) is 0 Å². The van der Waals surface area contributed by atoms with E-state index in [-0.39, 0.29) is 48.2 Å². The van der Waals surface area contributed by atoms with Crippen LogP contribution >= 0.6 is 24.0 Å². The fourth-order valence-electron chi connectivity index (χ4n) is 2.74. The van der Waals surface area contributed by atoms with E-state index in [9.17, 15) is 9.18 Å². The van der Waals surface area contributed by atoms with Gasteiger partial charge in [-0.15, -0.1) is 24.0 Å². The summed E-state index contributed by atoms with van der Waals surface area (Å²) in [6, 6.07) is 13.4. The molecule has 2 aromatic rings. The number of hydrogen-bond donors (Lipinski definition) is 3. The Hall–Kier alpha value is -2.56. The summed E-state index contributed by atoms with van der Waals surface area (Å²) in [6.45, 7) is 6.07. The minimum absolute atomic E-state index is 0. The molecule has 176 valence electrons. The van der Waals surface area contributed by atoms with Crippen molar-refractivity contribution >= 4 is 35.8 Å². The van der Waals surface area contributed by atoms with Gasteiger partial charge in [0.05, 0.1) is 20.1 Å². The molecule has 0 aliphatic heterocycles. The van der Waals surface area contributed by atoms with Gasteiger partial charge >= 0.3 is 0 Å². The van der Waals surface area contributed by atoms with Gasteiger partial charge in [-0.1, -0.05) is 18.2 Å². The van der Waals surface area contributed by atoms with Crippen molar-refractivity contribution in [3.05, 3.63) is 59.9 Å². The molecule has 1 atom stereocenters. The van der Waals surface area contributed by atoms with Crippen LogP contribution in [0.15, 0.2) is 53.5 Å². The number of carbonyl (C=O) groups excluding carboxylic acids is 1. The maximum absolute atomic E-state index is 12.9. The molecule has 3 N–H and O–H groups in total. The average Bonchev–Trinajstić information content (AvgIpc) is 2.76. The summed E-state index contributed by atoms with van der Waals surface area (Å²) in [5, 5.41) is 9.19. The van der Waals surface area contributed by atoms with Crippen LogP contribution in [0, 0.1) is 5.82 Å². The second kappa shape index (κ2) is 15.3. The molecule has 2 rings (SSSR count). The Morgan fingerprint density at radius 3 is 2.44 bits per heavy atom. The molecule has 0 fully saturated rings. The summed E-state index contributed by atoms with van der Waals surface area (Å²) >= 11 is 0. The number of amides is 1. The van der Waals surface area contributed by atoms with Crippen LogP contribution in [-0.4, -0.2) is 51.3 Å². The minimum atomic E-state index is -0.313. The average molecular weight is 558 g/mol. The zero-order chi connectivity index (χ0) is 22.5. The Morgan fingerprint density at radius 1 is 1.06 bits per heavy atom. The van der Waals surface area contributed by atoms with E-state index >= 15 is 0 Å². The van der Waals surface area contributed by atoms with Crippen molar-refractivity contribution in [2.45, 2.75) is 26.4 Å². The summed E-state index contributed by atoms with van der Waals surface area (Å²) in [5.41, 5.74) is 0.770. The van der Waals surface area contributed by atoms with Gasteiger partial charge in [0.15, 0.2) is 5.96 Å². The quantitative estimate of drug-likeness (QED) is 0.171. The van der Waals surface area contributed by atoms with Crippen LogP contribution in [-0.2, 0) is 11.2 Å². The summed E-state index contributed by atoms with van der Waals surface area (Å²) in [7, 11) is 1.62. The maximum Gasteiger partial charge on any atom is 0.224 e. The van der Waals surface area contributed by atoms with Crippen molar-refractivity contribution < 1.29 is 18.7 Å². The normalized spacial score (nSPS) is 11.7. The fourth-order valence-corrected chi connectivity index (χ4v) is 2.74. The molecule has 0 aliphatic carbocycles. The molecule has 1 unspecified atom stereocenters. The number of hydrogen-bond acceptors (Lipinski definition) is 4. The molecule has 9 heteroatoms. The van der Waals surface area contributed by atoms with Crippen LogP contribution in [0.25, 0.3) is 0 Å². The monoisotopic (exact) mass is 558 g/mol. The first kappa shape index (κ1) is 27.5. The van der Waals surface area contributed by atoms with Crippen molar-refractivity contribution in [1.29, 1.82) is 0 Å². The number of guanidine groups is 1. The Labute approximate surface area is 206 Å². The van der Waals surface area contributed by atoms with Crippen molar-refractivity contribution in [3.63, 3.8) is 0 Å². The second-order valence-corrected chi connectivity index (χ2v) is 6.91. The lowest BCUT2D eigenvalue weighted by Crippen LogP contribution is -2.42. The van der Waals surface area contributed by atoms with E-state index in [0.29, 0.717) is 32.1 Å². The maximum atomic E-state index is 12.9. The highest BCUT2D eigenvalue weighted by atomic mass is 127. The number of carbonyl (C=O) groups is 1. The van der Waals surface area contributed by atoms with E-state index in [1.165, 1.54) is 12.1 Å². The molecule has 32 heavy (non-hydrogen) atoms. The first-order valence-corrected chi connectivity index (χ1v) is 10.3. The first-order chi connectivity index (χ1) is 15.0. The van der Waals surface area contributed by atoms with E-state index < -0.39 is 0 Å². The van der Waals surface area contributed by atoms with E-state index in [4.69, 9.17) is 9.47 Å². The lowest BCUT2D eigenvalue weighted by atomic mass is 10.1. The predicted molar refractivity (Wildman–Crippen MR) is 136 cm³/mol. The fraction of sp³-hybridized carbons (Fsp3) is 0.391. The summed E-state index contributed by atoms with van der Waals surface area (Å²) in [5.74, 6) is 1.69. The smallest absolute Gasteiger partial charge is 0.224 e. The van der Waals surface area contributed by atoms with Gasteiger partial charge in [0.2, 0.25) is 5.91 Å². The van der Waals surface area contributed by atoms with Crippen LogP contribution in [0.3, 0.4) is 0 Å². The van der Waals surface area contributed by atoms with E-state index in [1.54, 1.807) is 19.2 Å². The number of halogens is 2. The molecule has 7 nitrogen and oxygen atoms in total. The van der Waals surface area contributed by atoms with Crippen LogP contribution in [0.5, 0.6) is 11.5 Å². The van der Waals surface area contributed by atoms with Gasteiger partial charge < -0.3 is 25.4 Å². The standard InChI is InChI=1S/C23H31FN4O3.HI/c1-4-25-23(28-16-17(2)31-21-7-5-6-20(15-21)30-3)27-13-12-26-22(29)14-18-8-10-19(24)11-9-18;/h5-11,15,17H,4,12-14,16H2,1-3H3,(H,26,29)(H2,25,27,28);1H. The molecular formula is C23H32FIN4O3. The summed E-state index contributed by atoms with van der Waals surface area (Å²) < 4.78 is 24.0. The van der Waals surface area contributed by atoms with Crippen molar-refractivity contribution in [2.24, 2.45) is 4.99 Å². The number of nitrogens with zero attached hydrogens (tertiary/aromatic N) is 1. The van der Waals surface area contributed by atoms with Crippen molar-refractivity contribution in [1.82, 2.24) is 16.0 Å². The lowest BCUT2D eigenvalue weighted by molar-refractivity contribution is -0.120. The Bertz CT molecular complexity index is 849. The van der Waals surface area contributed by atoms with E-state index in [0.717, 1.165) is 17.1 Å². The van der Waals surface area contributed by atoms with Gasteiger partial charge in [-0.3, -0.25) is 4.79 Å². The van der Waals surface area contributed by atoms with E-state index in [1.807, 2.05) is 38.1 Å². The molecule has 0 saturated heterocycles. The summed E-state index contributed by atoms with van der Waals surface area (Å²) in [6.07, 6.45) is 0.0890.